The predicted octanol–water partition coefficient (Wildman–Crippen LogP) is 4.37. The van der Waals surface area contributed by atoms with E-state index in [1.807, 2.05) is 54.8 Å². The van der Waals surface area contributed by atoms with Crippen molar-refractivity contribution in [2.75, 3.05) is 10.6 Å². The molecule has 6 nitrogen and oxygen atoms in total. The minimum Gasteiger partial charge on any atom is -0.329 e. The van der Waals surface area contributed by atoms with Gasteiger partial charge in [-0.2, -0.15) is 0 Å². The van der Waals surface area contributed by atoms with E-state index in [4.69, 9.17) is 4.98 Å². The molecule has 0 unspecified atom stereocenters. The standard InChI is InChI=1S/C19H15N5OS/c1-12-5-7-20-16(9-12)23-19-17-15(6-8-26-17)22-18(24-19)13-3-2-4-14(10-13)21-11-25/h2-11H,1H3,(H,21,25)(H,20,22,23,24). The molecule has 0 fully saturated rings. The Bertz CT molecular complexity index is 1090. The van der Waals surface area contributed by atoms with E-state index in [1.165, 1.54) is 0 Å². The quantitative estimate of drug-likeness (QED) is 0.516. The van der Waals surface area contributed by atoms with Crippen molar-refractivity contribution >= 4 is 45.3 Å². The smallest absolute Gasteiger partial charge is 0.211 e. The Hall–Kier alpha value is -3.32. The van der Waals surface area contributed by atoms with Gasteiger partial charge in [-0.15, -0.1) is 11.3 Å². The van der Waals surface area contributed by atoms with Crippen molar-refractivity contribution < 1.29 is 4.79 Å². The maximum atomic E-state index is 10.7. The number of fused-ring (bicyclic) bond motifs is 1. The van der Waals surface area contributed by atoms with Crippen LogP contribution in [0.4, 0.5) is 17.3 Å². The van der Waals surface area contributed by atoms with E-state index in [2.05, 4.69) is 20.6 Å². The van der Waals surface area contributed by atoms with E-state index in [0.717, 1.165) is 27.2 Å². The monoisotopic (exact) mass is 361 g/mol. The van der Waals surface area contributed by atoms with Gasteiger partial charge in [-0.05, 0) is 48.2 Å². The van der Waals surface area contributed by atoms with Crippen molar-refractivity contribution in [2.45, 2.75) is 6.92 Å². The number of aryl methyl sites for hydroxylation is 1. The molecule has 0 aliphatic rings. The predicted molar refractivity (Wildman–Crippen MR) is 105 cm³/mol. The minimum atomic E-state index is 0.584. The molecule has 3 heterocycles. The third-order valence-electron chi connectivity index (χ3n) is 3.81. The second-order valence-corrected chi connectivity index (χ2v) is 6.63. The van der Waals surface area contributed by atoms with E-state index in [1.54, 1.807) is 17.5 Å². The van der Waals surface area contributed by atoms with Crippen LogP contribution in [0.1, 0.15) is 5.56 Å². The lowest BCUT2D eigenvalue weighted by Gasteiger charge is -2.09. The van der Waals surface area contributed by atoms with Gasteiger partial charge < -0.3 is 10.6 Å². The molecule has 0 aliphatic heterocycles. The van der Waals surface area contributed by atoms with Gasteiger partial charge >= 0.3 is 0 Å². The normalized spacial score (nSPS) is 10.7. The molecule has 128 valence electrons. The lowest BCUT2D eigenvalue weighted by molar-refractivity contribution is -0.105. The highest BCUT2D eigenvalue weighted by molar-refractivity contribution is 7.17. The number of carbonyl (C=O) groups is 1. The fourth-order valence-corrected chi connectivity index (χ4v) is 3.40. The first kappa shape index (κ1) is 16.2. The van der Waals surface area contributed by atoms with Crippen LogP contribution in [0.3, 0.4) is 0 Å². The van der Waals surface area contributed by atoms with Crippen LogP contribution in [-0.4, -0.2) is 21.4 Å². The molecule has 1 amide bonds. The molecule has 3 aromatic heterocycles. The van der Waals surface area contributed by atoms with Gasteiger partial charge in [-0.3, -0.25) is 4.79 Å². The van der Waals surface area contributed by atoms with Crippen LogP contribution in [0, 0.1) is 6.92 Å². The SMILES string of the molecule is Cc1ccnc(Nc2nc(-c3cccc(NC=O)c3)nc3ccsc23)c1. The van der Waals surface area contributed by atoms with Crippen LogP contribution in [0.15, 0.2) is 54.0 Å². The number of amides is 1. The zero-order valence-electron chi connectivity index (χ0n) is 13.9. The van der Waals surface area contributed by atoms with Crippen LogP contribution in [-0.2, 0) is 4.79 Å². The molecule has 0 aliphatic carbocycles. The van der Waals surface area contributed by atoms with Crippen molar-refractivity contribution in [3.8, 4) is 11.4 Å². The fourth-order valence-electron chi connectivity index (χ4n) is 2.62. The summed E-state index contributed by atoms with van der Waals surface area (Å²) in [5.41, 5.74) is 3.50. The van der Waals surface area contributed by atoms with Crippen molar-refractivity contribution in [3.63, 3.8) is 0 Å². The second-order valence-electron chi connectivity index (χ2n) is 5.72. The summed E-state index contributed by atoms with van der Waals surface area (Å²) < 4.78 is 0.972. The molecule has 0 saturated heterocycles. The summed E-state index contributed by atoms with van der Waals surface area (Å²) in [5.74, 6) is 2.04. The summed E-state index contributed by atoms with van der Waals surface area (Å²) in [6.45, 7) is 2.02. The first-order chi connectivity index (χ1) is 12.7. The zero-order valence-corrected chi connectivity index (χ0v) is 14.7. The largest absolute Gasteiger partial charge is 0.329 e. The third-order valence-corrected chi connectivity index (χ3v) is 4.72. The Balaban J connectivity index is 1.79. The van der Waals surface area contributed by atoms with Crippen molar-refractivity contribution in [2.24, 2.45) is 0 Å². The molecule has 0 bridgehead atoms. The highest BCUT2D eigenvalue weighted by Gasteiger charge is 2.12. The molecule has 2 N–H and O–H groups in total. The van der Waals surface area contributed by atoms with Crippen LogP contribution in [0.25, 0.3) is 21.6 Å². The number of pyridine rings is 1. The number of benzene rings is 1. The van der Waals surface area contributed by atoms with Crippen LogP contribution in [0.5, 0.6) is 0 Å². The number of anilines is 3. The molecule has 4 rings (SSSR count). The lowest BCUT2D eigenvalue weighted by atomic mass is 10.2. The average molecular weight is 361 g/mol. The molecule has 0 atom stereocenters. The van der Waals surface area contributed by atoms with Gasteiger partial charge in [0.05, 0.1) is 10.2 Å². The van der Waals surface area contributed by atoms with E-state index >= 15 is 0 Å². The zero-order chi connectivity index (χ0) is 17.9. The number of nitrogens with zero attached hydrogens (tertiary/aromatic N) is 3. The molecule has 0 saturated carbocycles. The topological polar surface area (TPSA) is 79.8 Å². The minimum absolute atomic E-state index is 0.584. The van der Waals surface area contributed by atoms with Crippen LogP contribution in [0.2, 0.25) is 0 Å². The fraction of sp³-hybridized carbons (Fsp3) is 0.0526. The Morgan fingerprint density at radius 2 is 2.04 bits per heavy atom. The number of hydrogen-bond acceptors (Lipinski definition) is 6. The summed E-state index contributed by atoms with van der Waals surface area (Å²) >= 11 is 1.58. The van der Waals surface area contributed by atoms with E-state index in [9.17, 15) is 4.79 Å². The summed E-state index contributed by atoms with van der Waals surface area (Å²) in [4.78, 5) is 24.4. The first-order valence-electron chi connectivity index (χ1n) is 7.98. The molecule has 26 heavy (non-hydrogen) atoms. The third kappa shape index (κ3) is 3.25. The number of rotatable bonds is 5. The molecule has 0 radical (unpaired) electrons. The van der Waals surface area contributed by atoms with Gasteiger partial charge in [-0.1, -0.05) is 12.1 Å². The average Bonchev–Trinajstić information content (AvgIpc) is 3.11. The second kappa shape index (κ2) is 6.89. The molecular formula is C19H15N5OS. The van der Waals surface area contributed by atoms with Crippen molar-refractivity contribution in [1.29, 1.82) is 0 Å². The highest BCUT2D eigenvalue weighted by atomic mass is 32.1. The number of carbonyl (C=O) groups excluding carboxylic acids is 1. The van der Waals surface area contributed by atoms with Crippen LogP contribution >= 0.6 is 11.3 Å². The van der Waals surface area contributed by atoms with Gasteiger partial charge in [-0.25, -0.2) is 15.0 Å². The number of hydrogen-bond donors (Lipinski definition) is 2. The molecular weight excluding hydrogens is 346 g/mol. The molecule has 0 spiro atoms. The van der Waals surface area contributed by atoms with E-state index < -0.39 is 0 Å². The molecule has 4 aromatic rings. The number of thiophene rings is 1. The maximum absolute atomic E-state index is 10.7. The van der Waals surface area contributed by atoms with E-state index in [-0.39, 0.29) is 0 Å². The van der Waals surface area contributed by atoms with Crippen molar-refractivity contribution in [3.05, 3.63) is 59.6 Å². The Labute approximate surface area is 154 Å². The Morgan fingerprint density at radius 3 is 2.88 bits per heavy atom. The lowest BCUT2D eigenvalue weighted by Crippen LogP contribution is -2.00. The van der Waals surface area contributed by atoms with E-state index in [0.29, 0.717) is 23.7 Å². The Kier molecular flexibility index (Phi) is 4.28. The maximum Gasteiger partial charge on any atom is 0.211 e. The Morgan fingerprint density at radius 1 is 1.12 bits per heavy atom. The van der Waals surface area contributed by atoms with Crippen molar-refractivity contribution in [1.82, 2.24) is 15.0 Å². The molecule has 1 aromatic carbocycles. The number of aromatic nitrogens is 3. The summed E-state index contributed by atoms with van der Waals surface area (Å²) in [6, 6.07) is 13.3. The summed E-state index contributed by atoms with van der Waals surface area (Å²) in [5, 5.41) is 7.94. The summed E-state index contributed by atoms with van der Waals surface area (Å²) in [7, 11) is 0. The van der Waals surface area contributed by atoms with Gasteiger partial charge in [0.2, 0.25) is 6.41 Å². The van der Waals surface area contributed by atoms with Crippen LogP contribution < -0.4 is 10.6 Å². The van der Waals surface area contributed by atoms with Gasteiger partial charge in [0, 0.05) is 17.4 Å². The molecule has 7 heteroatoms. The highest BCUT2D eigenvalue weighted by Crippen LogP contribution is 2.31. The first-order valence-corrected chi connectivity index (χ1v) is 8.86. The van der Waals surface area contributed by atoms with Gasteiger partial charge in [0.15, 0.2) is 11.6 Å². The summed E-state index contributed by atoms with van der Waals surface area (Å²) in [6.07, 6.45) is 2.42. The van der Waals surface area contributed by atoms with Gasteiger partial charge in [0.25, 0.3) is 0 Å². The van der Waals surface area contributed by atoms with Gasteiger partial charge in [0.1, 0.15) is 5.82 Å². The number of nitrogens with one attached hydrogen (secondary N) is 2.